The molecule has 0 aromatic carbocycles. The molecule has 0 spiro atoms. The molecular formula is C10H12N2S. The zero-order valence-electron chi connectivity index (χ0n) is 7.68. The van der Waals surface area contributed by atoms with Crippen LogP contribution in [0.15, 0.2) is 0 Å². The van der Waals surface area contributed by atoms with Crippen LogP contribution < -0.4 is 5.32 Å². The van der Waals surface area contributed by atoms with Gasteiger partial charge in [0.25, 0.3) is 0 Å². The second kappa shape index (κ2) is 3.39. The molecule has 13 heavy (non-hydrogen) atoms. The lowest BCUT2D eigenvalue weighted by atomic mass is 9.96. The van der Waals surface area contributed by atoms with E-state index < -0.39 is 0 Å². The minimum Gasteiger partial charge on any atom is -0.379 e. The normalized spacial score (nSPS) is 14.8. The first kappa shape index (κ1) is 8.58. The van der Waals surface area contributed by atoms with Crippen molar-refractivity contribution in [2.24, 2.45) is 0 Å². The summed E-state index contributed by atoms with van der Waals surface area (Å²) in [5.41, 5.74) is 2.20. The number of fused-ring (bicyclic) bond motifs is 1. The zero-order chi connectivity index (χ0) is 9.26. The van der Waals surface area contributed by atoms with Crippen molar-refractivity contribution in [1.82, 2.24) is 0 Å². The van der Waals surface area contributed by atoms with E-state index in [1.807, 2.05) is 7.05 Å². The highest BCUT2D eigenvalue weighted by atomic mass is 32.1. The van der Waals surface area contributed by atoms with Crippen LogP contribution in [0.5, 0.6) is 0 Å². The first-order valence-electron chi connectivity index (χ1n) is 4.59. The fraction of sp³-hybridized carbons (Fsp3) is 0.500. The largest absolute Gasteiger partial charge is 0.379 e. The van der Waals surface area contributed by atoms with Crippen molar-refractivity contribution in [1.29, 1.82) is 5.26 Å². The maximum Gasteiger partial charge on any atom is 0.107 e. The number of hydrogen-bond donors (Lipinski definition) is 1. The van der Waals surface area contributed by atoms with Crippen LogP contribution in [-0.4, -0.2) is 7.05 Å². The molecule has 0 atom stereocenters. The number of hydrogen-bond acceptors (Lipinski definition) is 3. The Morgan fingerprint density at radius 1 is 1.38 bits per heavy atom. The van der Waals surface area contributed by atoms with Crippen molar-refractivity contribution in [3.63, 3.8) is 0 Å². The van der Waals surface area contributed by atoms with Gasteiger partial charge >= 0.3 is 0 Å². The summed E-state index contributed by atoms with van der Waals surface area (Å²) in [5, 5.41) is 13.2. The van der Waals surface area contributed by atoms with E-state index in [1.54, 1.807) is 11.3 Å². The summed E-state index contributed by atoms with van der Waals surface area (Å²) in [5.74, 6) is 0. The van der Waals surface area contributed by atoms with Crippen molar-refractivity contribution >= 4 is 16.3 Å². The summed E-state index contributed by atoms with van der Waals surface area (Å²) in [7, 11) is 1.89. The van der Waals surface area contributed by atoms with Crippen LogP contribution in [0.25, 0.3) is 0 Å². The van der Waals surface area contributed by atoms with E-state index in [1.165, 1.54) is 23.3 Å². The topological polar surface area (TPSA) is 35.8 Å². The van der Waals surface area contributed by atoms with Crippen LogP contribution in [0, 0.1) is 11.3 Å². The van der Waals surface area contributed by atoms with E-state index in [-0.39, 0.29) is 0 Å². The van der Waals surface area contributed by atoms with Gasteiger partial charge in [-0.15, -0.1) is 11.3 Å². The highest BCUT2D eigenvalue weighted by Crippen LogP contribution is 2.37. The Kier molecular flexibility index (Phi) is 2.24. The lowest BCUT2D eigenvalue weighted by molar-refractivity contribution is 0.696. The van der Waals surface area contributed by atoms with Crippen LogP contribution >= 0.6 is 11.3 Å². The number of anilines is 1. The second-order valence-electron chi connectivity index (χ2n) is 3.28. The summed E-state index contributed by atoms with van der Waals surface area (Å²) in [6.45, 7) is 0. The Bertz CT molecular complexity index is 360. The Balaban J connectivity index is 2.52. The molecule has 68 valence electrons. The number of rotatable bonds is 1. The molecule has 1 aliphatic carbocycles. The number of thiophene rings is 1. The van der Waals surface area contributed by atoms with Crippen LogP contribution in [0.1, 0.15) is 28.8 Å². The predicted octanol–water partition coefficient (Wildman–Crippen LogP) is 2.54. The van der Waals surface area contributed by atoms with Gasteiger partial charge in [0.1, 0.15) is 11.1 Å². The van der Waals surface area contributed by atoms with Gasteiger partial charge in [-0.05, 0) is 31.2 Å². The summed E-state index contributed by atoms with van der Waals surface area (Å²) in [6.07, 6.45) is 4.77. The number of aryl methyl sites for hydroxylation is 1. The number of nitriles is 1. The Morgan fingerprint density at radius 2 is 2.15 bits per heavy atom. The van der Waals surface area contributed by atoms with Crippen LogP contribution in [-0.2, 0) is 12.8 Å². The van der Waals surface area contributed by atoms with Gasteiger partial charge in [-0.1, -0.05) is 0 Å². The number of nitrogens with zero attached hydrogens (tertiary/aromatic N) is 1. The van der Waals surface area contributed by atoms with E-state index in [0.717, 1.165) is 23.4 Å². The van der Waals surface area contributed by atoms with Crippen molar-refractivity contribution in [2.45, 2.75) is 25.7 Å². The predicted molar refractivity (Wildman–Crippen MR) is 55.2 cm³/mol. The second-order valence-corrected chi connectivity index (χ2v) is 4.38. The molecule has 0 fully saturated rings. The minimum absolute atomic E-state index is 0.891. The van der Waals surface area contributed by atoms with Crippen molar-refractivity contribution in [2.75, 3.05) is 12.4 Å². The molecule has 0 bridgehead atoms. The SMILES string of the molecule is CNc1sc2c(c1C#N)CCCC2. The minimum atomic E-state index is 0.891. The first-order valence-corrected chi connectivity index (χ1v) is 5.41. The molecule has 0 radical (unpaired) electrons. The molecule has 1 aromatic rings. The van der Waals surface area contributed by atoms with Crippen molar-refractivity contribution in [3.05, 3.63) is 16.0 Å². The standard InChI is InChI=1S/C10H12N2S/c1-12-10-8(6-11)7-4-2-3-5-9(7)13-10/h12H,2-5H2,1H3. The maximum absolute atomic E-state index is 9.01. The molecule has 1 N–H and O–H groups in total. The molecule has 2 rings (SSSR count). The molecule has 0 saturated carbocycles. The van der Waals surface area contributed by atoms with Gasteiger partial charge in [-0.25, -0.2) is 0 Å². The maximum atomic E-state index is 9.01. The summed E-state index contributed by atoms with van der Waals surface area (Å²) < 4.78 is 0. The Morgan fingerprint density at radius 3 is 2.85 bits per heavy atom. The fourth-order valence-electron chi connectivity index (χ4n) is 1.86. The summed E-state index contributed by atoms with van der Waals surface area (Å²) in [6, 6.07) is 2.30. The zero-order valence-corrected chi connectivity index (χ0v) is 8.50. The molecule has 1 aromatic heterocycles. The van der Waals surface area contributed by atoms with Gasteiger partial charge in [-0.3, -0.25) is 0 Å². The molecule has 0 saturated heterocycles. The van der Waals surface area contributed by atoms with E-state index in [0.29, 0.717) is 0 Å². The number of nitrogens with one attached hydrogen (secondary N) is 1. The lowest BCUT2D eigenvalue weighted by Gasteiger charge is -2.09. The monoisotopic (exact) mass is 192 g/mol. The molecule has 0 unspecified atom stereocenters. The van der Waals surface area contributed by atoms with Crippen molar-refractivity contribution in [3.8, 4) is 6.07 Å². The average Bonchev–Trinajstić information content (AvgIpc) is 2.55. The van der Waals surface area contributed by atoms with Gasteiger partial charge in [0.05, 0.1) is 5.56 Å². The van der Waals surface area contributed by atoms with E-state index in [4.69, 9.17) is 5.26 Å². The summed E-state index contributed by atoms with van der Waals surface area (Å²) in [4.78, 5) is 1.42. The smallest absolute Gasteiger partial charge is 0.107 e. The van der Waals surface area contributed by atoms with Crippen LogP contribution in [0.3, 0.4) is 0 Å². The van der Waals surface area contributed by atoms with Crippen LogP contribution in [0.4, 0.5) is 5.00 Å². The highest BCUT2D eigenvalue weighted by Gasteiger charge is 2.19. The molecule has 2 nitrogen and oxygen atoms in total. The van der Waals surface area contributed by atoms with Gasteiger partial charge in [0.2, 0.25) is 0 Å². The van der Waals surface area contributed by atoms with E-state index in [2.05, 4.69) is 11.4 Å². The molecule has 1 heterocycles. The fourth-order valence-corrected chi connectivity index (χ4v) is 3.05. The third-order valence-corrected chi connectivity index (χ3v) is 3.82. The van der Waals surface area contributed by atoms with E-state index in [9.17, 15) is 0 Å². The van der Waals surface area contributed by atoms with Gasteiger partial charge in [0.15, 0.2) is 0 Å². The summed E-state index contributed by atoms with van der Waals surface area (Å²) >= 11 is 1.75. The van der Waals surface area contributed by atoms with Crippen molar-refractivity contribution < 1.29 is 0 Å². The Hall–Kier alpha value is -1.01. The lowest BCUT2D eigenvalue weighted by Crippen LogP contribution is -1.99. The van der Waals surface area contributed by atoms with E-state index >= 15 is 0 Å². The third-order valence-electron chi connectivity index (χ3n) is 2.51. The van der Waals surface area contributed by atoms with Gasteiger partial charge < -0.3 is 5.32 Å². The quantitative estimate of drug-likeness (QED) is 0.742. The third kappa shape index (κ3) is 1.31. The highest BCUT2D eigenvalue weighted by molar-refractivity contribution is 7.16. The molecule has 0 aliphatic heterocycles. The average molecular weight is 192 g/mol. The Labute approximate surface area is 82.2 Å². The van der Waals surface area contributed by atoms with Gasteiger partial charge in [-0.2, -0.15) is 5.26 Å². The molecule has 1 aliphatic rings. The molecule has 0 amide bonds. The molecular weight excluding hydrogens is 180 g/mol. The molecule has 3 heteroatoms. The first-order chi connectivity index (χ1) is 6.36. The van der Waals surface area contributed by atoms with Gasteiger partial charge in [0, 0.05) is 11.9 Å². The van der Waals surface area contributed by atoms with Crippen LogP contribution in [0.2, 0.25) is 0 Å².